The number of nitrogen functional groups attached to an aromatic ring is 1. The van der Waals surface area contributed by atoms with Crippen LogP contribution in [0.15, 0.2) is 34.2 Å². The van der Waals surface area contributed by atoms with Crippen LogP contribution in [0.4, 0.5) is 4.39 Å². The summed E-state index contributed by atoms with van der Waals surface area (Å²) in [6.07, 6.45) is 0. The van der Waals surface area contributed by atoms with Crippen LogP contribution >= 0.6 is 11.8 Å². The van der Waals surface area contributed by atoms with E-state index in [0.29, 0.717) is 4.90 Å². The maximum absolute atomic E-state index is 13.7. The Morgan fingerprint density at radius 3 is 2.78 bits per heavy atom. The van der Waals surface area contributed by atoms with Crippen molar-refractivity contribution in [2.45, 2.75) is 16.8 Å². The van der Waals surface area contributed by atoms with Gasteiger partial charge in [0.05, 0.1) is 16.3 Å². The van der Waals surface area contributed by atoms with Crippen molar-refractivity contribution in [1.29, 1.82) is 5.41 Å². The summed E-state index contributed by atoms with van der Waals surface area (Å²) in [5.74, 6) is -0.749. The van der Waals surface area contributed by atoms with E-state index in [-0.39, 0.29) is 11.4 Å². The Kier molecular flexibility index (Phi) is 3.38. The molecule has 0 amide bonds. The Hall–Kier alpha value is -1.82. The number of benzene rings is 1. The average molecular weight is 264 g/mol. The first kappa shape index (κ1) is 12.6. The fourth-order valence-electron chi connectivity index (χ4n) is 1.65. The van der Waals surface area contributed by atoms with Gasteiger partial charge in [0.2, 0.25) is 0 Å². The lowest BCUT2D eigenvalue weighted by Gasteiger charge is -2.08. The molecular formula is C12H13FN4S. The lowest BCUT2D eigenvalue weighted by Crippen LogP contribution is -2.14. The predicted octanol–water partition coefficient (Wildman–Crippen LogP) is 2.30. The minimum Gasteiger partial charge on any atom is -0.384 e. The van der Waals surface area contributed by atoms with Gasteiger partial charge >= 0.3 is 0 Å². The van der Waals surface area contributed by atoms with Crippen LogP contribution in [0, 0.1) is 18.2 Å². The number of nitrogens with one attached hydrogen (secondary N) is 1. The first-order valence-electron chi connectivity index (χ1n) is 5.30. The van der Waals surface area contributed by atoms with Gasteiger partial charge in [-0.2, -0.15) is 5.10 Å². The first-order chi connectivity index (χ1) is 8.49. The molecule has 4 nitrogen and oxygen atoms in total. The summed E-state index contributed by atoms with van der Waals surface area (Å²) in [6.45, 7) is 1.89. The smallest absolute Gasteiger partial charge is 0.135 e. The van der Waals surface area contributed by atoms with Crippen LogP contribution in [0.2, 0.25) is 0 Å². The van der Waals surface area contributed by atoms with Crippen LogP contribution in [0.3, 0.4) is 0 Å². The number of nitrogens with zero attached hydrogens (tertiary/aromatic N) is 2. The maximum atomic E-state index is 13.7. The summed E-state index contributed by atoms with van der Waals surface area (Å²) in [5.41, 5.74) is 6.45. The Bertz CT molecular complexity index is 606. The molecule has 0 saturated carbocycles. The fraction of sp³-hybridized carbons (Fsp3) is 0.167. The van der Waals surface area contributed by atoms with Crippen molar-refractivity contribution in [3.8, 4) is 0 Å². The standard InChI is InChI=1S/C12H13FN4S/c1-7-6-10(17(2)16-7)18-9-5-3-4-8(13)11(9)12(14)15/h3-6H,1-2H3,(H3,14,15). The van der Waals surface area contributed by atoms with Gasteiger partial charge in [-0.1, -0.05) is 17.8 Å². The molecule has 2 rings (SSSR count). The molecule has 0 aliphatic heterocycles. The van der Waals surface area contributed by atoms with Crippen molar-refractivity contribution in [1.82, 2.24) is 9.78 Å². The SMILES string of the molecule is Cc1cc(Sc2cccc(F)c2C(=N)N)n(C)n1. The minimum absolute atomic E-state index is 0.140. The highest BCUT2D eigenvalue weighted by atomic mass is 32.2. The molecule has 0 saturated heterocycles. The number of aryl methyl sites for hydroxylation is 2. The zero-order valence-corrected chi connectivity index (χ0v) is 10.9. The van der Waals surface area contributed by atoms with Gasteiger partial charge in [0.15, 0.2) is 0 Å². The predicted molar refractivity (Wildman–Crippen MR) is 69.5 cm³/mol. The lowest BCUT2D eigenvalue weighted by molar-refractivity contribution is 0.620. The molecule has 6 heteroatoms. The van der Waals surface area contributed by atoms with Gasteiger partial charge < -0.3 is 5.73 Å². The Balaban J connectivity index is 2.43. The van der Waals surface area contributed by atoms with Crippen LogP contribution in [0.5, 0.6) is 0 Å². The van der Waals surface area contributed by atoms with Crippen molar-refractivity contribution in [3.05, 3.63) is 41.3 Å². The second kappa shape index (κ2) is 4.81. The molecule has 1 heterocycles. The van der Waals surface area contributed by atoms with Crippen molar-refractivity contribution >= 4 is 17.6 Å². The van der Waals surface area contributed by atoms with Crippen LogP contribution < -0.4 is 5.73 Å². The normalized spacial score (nSPS) is 10.6. The van der Waals surface area contributed by atoms with Gasteiger partial charge in [0.25, 0.3) is 0 Å². The Morgan fingerprint density at radius 2 is 2.22 bits per heavy atom. The van der Waals surface area contributed by atoms with Gasteiger partial charge in [-0.3, -0.25) is 10.1 Å². The molecule has 0 aliphatic carbocycles. The highest BCUT2D eigenvalue weighted by Gasteiger charge is 2.14. The van der Waals surface area contributed by atoms with E-state index in [4.69, 9.17) is 11.1 Å². The molecule has 2 aromatic rings. The number of aromatic nitrogens is 2. The fourth-order valence-corrected chi connectivity index (χ4v) is 2.73. The quantitative estimate of drug-likeness (QED) is 0.660. The van der Waals surface area contributed by atoms with E-state index in [1.54, 1.807) is 16.8 Å². The van der Waals surface area contributed by atoms with Crippen LogP contribution in [-0.4, -0.2) is 15.6 Å². The van der Waals surface area contributed by atoms with Crippen molar-refractivity contribution in [2.75, 3.05) is 0 Å². The van der Waals surface area contributed by atoms with Crippen LogP contribution in [0.25, 0.3) is 0 Å². The molecule has 0 atom stereocenters. The van der Waals surface area contributed by atoms with Crippen LogP contribution in [-0.2, 0) is 7.05 Å². The molecular weight excluding hydrogens is 251 g/mol. The van der Waals surface area contributed by atoms with E-state index < -0.39 is 5.82 Å². The number of hydrogen-bond acceptors (Lipinski definition) is 3. The third kappa shape index (κ3) is 2.38. The molecule has 94 valence electrons. The molecule has 1 aromatic carbocycles. The Morgan fingerprint density at radius 1 is 1.50 bits per heavy atom. The third-order valence-corrected chi connectivity index (χ3v) is 3.57. The number of hydrogen-bond donors (Lipinski definition) is 2. The first-order valence-corrected chi connectivity index (χ1v) is 6.12. The Labute approximate surface area is 109 Å². The van der Waals surface area contributed by atoms with Gasteiger partial charge in [0.1, 0.15) is 11.7 Å². The van der Waals surface area contributed by atoms with E-state index >= 15 is 0 Å². The number of rotatable bonds is 3. The van der Waals surface area contributed by atoms with E-state index in [1.807, 2.05) is 20.0 Å². The minimum atomic E-state index is -0.480. The zero-order valence-electron chi connectivity index (χ0n) is 10.1. The van der Waals surface area contributed by atoms with Gasteiger partial charge in [-0.25, -0.2) is 4.39 Å². The molecule has 0 radical (unpaired) electrons. The summed E-state index contributed by atoms with van der Waals surface area (Å²) in [6, 6.07) is 6.55. The number of nitrogens with two attached hydrogens (primary N) is 1. The molecule has 0 spiro atoms. The van der Waals surface area contributed by atoms with Gasteiger partial charge in [-0.05, 0) is 25.1 Å². The molecule has 3 N–H and O–H groups in total. The van der Waals surface area contributed by atoms with Gasteiger partial charge in [-0.15, -0.1) is 0 Å². The van der Waals surface area contributed by atoms with Crippen molar-refractivity contribution < 1.29 is 4.39 Å². The third-order valence-electron chi connectivity index (χ3n) is 2.42. The van der Waals surface area contributed by atoms with Crippen molar-refractivity contribution in [3.63, 3.8) is 0 Å². The maximum Gasteiger partial charge on any atom is 0.135 e. The molecule has 1 aromatic heterocycles. The second-order valence-corrected chi connectivity index (χ2v) is 4.94. The largest absolute Gasteiger partial charge is 0.384 e. The summed E-state index contributed by atoms with van der Waals surface area (Å²) in [7, 11) is 1.82. The second-order valence-electron chi connectivity index (χ2n) is 3.88. The number of halogens is 1. The number of amidine groups is 1. The molecule has 0 unspecified atom stereocenters. The van der Waals surface area contributed by atoms with E-state index in [0.717, 1.165) is 10.7 Å². The van der Waals surface area contributed by atoms with Gasteiger partial charge in [0, 0.05) is 11.9 Å². The zero-order chi connectivity index (χ0) is 13.3. The molecule has 0 bridgehead atoms. The topological polar surface area (TPSA) is 67.7 Å². The van der Waals surface area contributed by atoms with Crippen LogP contribution in [0.1, 0.15) is 11.3 Å². The summed E-state index contributed by atoms with van der Waals surface area (Å²) < 4.78 is 15.4. The highest BCUT2D eigenvalue weighted by molar-refractivity contribution is 7.99. The monoisotopic (exact) mass is 264 g/mol. The van der Waals surface area contributed by atoms with E-state index in [9.17, 15) is 4.39 Å². The molecule has 18 heavy (non-hydrogen) atoms. The average Bonchev–Trinajstić information content (AvgIpc) is 2.57. The van der Waals surface area contributed by atoms with E-state index in [2.05, 4.69) is 5.10 Å². The molecule has 0 aliphatic rings. The summed E-state index contributed by atoms with van der Waals surface area (Å²) in [5, 5.41) is 12.5. The summed E-state index contributed by atoms with van der Waals surface area (Å²) >= 11 is 1.34. The lowest BCUT2D eigenvalue weighted by atomic mass is 10.2. The molecule has 0 fully saturated rings. The van der Waals surface area contributed by atoms with Crippen molar-refractivity contribution in [2.24, 2.45) is 12.8 Å². The summed E-state index contributed by atoms with van der Waals surface area (Å²) in [4.78, 5) is 0.616. The highest BCUT2D eigenvalue weighted by Crippen LogP contribution is 2.31. The van der Waals surface area contributed by atoms with E-state index in [1.165, 1.54) is 17.8 Å².